The van der Waals surface area contributed by atoms with Crippen molar-refractivity contribution in [1.29, 1.82) is 0 Å². The summed E-state index contributed by atoms with van der Waals surface area (Å²) in [5.74, 6) is 0.306. The maximum absolute atomic E-state index is 11.8. The summed E-state index contributed by atoms with van der Waals surface area (Å²) in [6.45, 7) is 6.89. The third kappa shape index (κ3) is 5.09. The van der Waals surface area contributed by atoms with E-state index in [-0.39, 0.29) is 12.4 Å². The van der Waals surface area contributed by atoms with Crippen LogP contribution in [0.25, 0.3) is 0 Å². The second-order valence-corrected chi connectivity index (χ2v) is 5.22. The van der Waals surface area contributed by atoms with Gasteiger partial charge in [0, 0.05) is 37.3 Å². The lowest BCUT2D eigenvalue weighted by Crippen LogP contribution is -2.51. The Kier molecular flexibility index (Phi) is 7.40. The second kappa shape index (κ2) is 7.36. The minimum atomic E-state index is 0. The van der Waals surface area contributed by atoms with Crippen molar-refractivity contribution in [1.82, 2.24) is 10.2 Å². The van der Waals surface area contributed by atoms with Crippen molar-refractivity contribution in [2.24, 2.45) is 0 Å². The highest BCUT2D eigenvalue weighted by Gasteiger charge is 2.21. The van der Waals surface area contributed by atoms with E-state index in [1.807, 2.05) is 4.90 Å². The second-order valence-electron chi connectivity index (χ2n) is 3.95. The Morgan fingerprint density at radius 3 is 2.87 bits per heavy atom. The number of nitrogens with zero attached hydrogens (tertiary/aromatic N) is 1. The molecule has 0 aliphatic carbocycles. The number of amides is 1. The molecule has 0 aromatic heterocycles. The molecule has 5 heteroatoms. The molecule has 0 spiro atoms. The number of rotatable bonds is 3. The van der Waals surface area contributed by atoms with Crippen LogP contribution in [0.2, 0.25) is 0 Å². The Morgan fingerprint density at radius 1 is 1.67 bits per heavy atom. The molecule has 2 atom stereocenters. The van der Waals surface area contributed by atoms with Gasteiger partial charge >= 0.3 is 0 Å². The summed E-state index contributed by atoms with van der Waals surface area (Å²) in [6.07, 6.45) is 2.73. The molecule has 1 fully saturated rings. The maximum Gasteiger partial charge on any atom is 0.223 e. The van der Waals surface area contributed by atoms with Crippen molar-refractivity contribution >= 4 is 30.1 Å². The van der Waals surface area contributed by atoms with Gasteiger partial charge in [0.05, 0.1) is 0 Å². The number of hydrogen-bond acceptors (Lipinski definition) is 3. The van der Waals surface area contributed by atoms with Gasteiger partial charge in [-0.3, -0.25) is 4.79 Å². The van der Waals surface area contributed by atoms with Crippen LogP contribution < -0.4 is 5.32 Å². The average Bonchev–Trinajstić information content (AvgIpc) is 2.17. The van der Waals surface area contributed by atoms with Crippen LogP contribution in [-0.4, -0.2) is 48.0 Å². The first-order valence-electron chi connectivity index (χ1n) is 5.17. The van der Waals surface area contributed by atoms with Gasteiger partial charge in [-0.1, -0.05) is 6.92 Å². The van der Waals surface area contributed by atoms with Gasteiger partial charge in [-0.05, 0) is 13.2 Å². The Morgan fingerprint density at radius 2 is 2.33 bits per heavy atom. The van der Waals surface area contributed by atoms with E-state index in [2.05, 4.69) is 25.4 Å². The molecule has 3 nitrogen and oxygen atoms in total. The van der Waals surface area contributed by atoms with Crippen molar-refractivity contribution in [3.63, 3.8) is 0 Å². The Balaban J connectivity index is 0.00000196. The largest absolute Gasteiger partial charge is 0.340 e. The minimum absolute atomic E-state index is 0. The summed E-state index contributed by atoms with van der Waals surface area (Å²) in [4.78, 5) is 13.8. The third-order valence-corrected chi connectivity index (χ3v) is 3.56. The van der Waals surface area contributed by atoms with Gasteiger partial charge in [0.1, 0.15) is 0 Å². The van der Waals surface area contributed by atoms with E-state index in [1.54, 1.807) is 11.8 Å². The molecule has 1 rings (SSSR count). The van der Waals surface area contributed by atoms with Crippen LogP contribution in [0.3, 0.4) is 0 Å². The first kappa shape index (κ1) is 15.1. The number of hydrogen-bond donors (Lipinski definition) is 1. The fraction of sp³-hybridized carbons (Fsp3) is 0.900. The molecule has 1 aliphatic heterocycles. The lowest BCUT2D eigenvalue weighted by Gasteiger charge is -2.32. The van der Waals surface area contributed by atoms with Gasteiger partial charge in [-0.25, -0.2) is 0 Å². The Hall–Kier alpha value is 0.0700. The van der Waals surface area contributed by atoms with Crippen molar-refractivity contribution in [2.75, 3.05) is 25.9 Å². The van der Waals surface area contributed by atoms with Crippen LogP contribution >= 0.6 is 24.2 Å². The highest BCUT2D eigenvalue weighted by Crippen LogP contribution is 2.12. The predicted molar refractivity (Wildman–Crippen MR) is 68.9 cm³/mol. The molecule has 0 saturated carbocycles. The average molecular weight is 253 g/mol. The summed E-state index contributed by atoms with van der Waals surface area (Å²) in [5, 5.41) is 3.77. The van der Waals surface area contributed by atoms with Gasteiger partial charge < -0.3 is 10.2 Å². The smallest absolute Gasteiger partial charge is 0.223 e. The minimum Gasteiger partial charge on any atom is -0.340 e. The van der Waals surface area contributed by atoms with E-state index >= 15 is 0 Å². The van der Waals surface area contributed by atoms with E-state index in [1.165, 1.54) is 0 Å². The molecule has 0 aromatic carbocycles. The highest BCUT2D eigenvalue weighted by atomic mass is 35.5. The topological polar surface area (TPSA) is 32.3 Å². The molecule has 0 radical (unpaired) electrons. The van der Waals surface area contributed by atoms with E-state index in [4.69, 9.17) is 0 Å². The maximum atomic E-state index is 11.8. The van der Waals surface area contributed by atoms with Crippen LogP contribution in [-0.2, 0) is 4.79 Å². The lowest BCUT2D eigenvalue weighted by molar-refractivity contribution is -0.132. The molecule has 1 unspecified atom stereocenters. The van der Waals surface area contributed by atoms with Crippen molar-refractivity contribution in [2.45, 2.75) is 31.6 Å². The molecular formula is C10H21ClN2OS. The molecular weight excluding hydrogens is 232 g/mol. The van der Waals surface area contributed by atoms with Crippen molar-refractivity contribution in [3.05, 3.63) is 0 Å². The number of thioether (sulfide) groups is 1. The zero-order valence-electron chi connectivity index (χ0n) is 9.66. The molecule has 1 heterocycles. The van der Waals surface area contributed by atoms with E-state index in [9.17, 15) is 4.79 Å². The zero-order chi connectivity index (χ0) is 10.6. The van der Waals surface area contributed by atoms with Crippen LogP contribution in [0.5, 0.6) is 0 Å². The number of piperazine rings is 1. The monoisotopic (exact) mass is 252 g/mol. The van der Waals surface area contributed by atoms with Gasteiger partial charge in [-0.2, -0.15) is 11.8 Å². The predicted octanol–water partition coefficient (Wildman–Crippen LogP) is 1.37. The normalized spacial score (nSPS) is 23.1. The summed E-state index contributed by atoms with van der Waals surface area (Å²) in [6, 6.07) is 0.442. The SMILES string of the molecule is CSC(C)CC(=O)N1CCN[C@H](C)C1.Cl. The summed E-state index contributed by atoms with van der Waals surface area (Å²) < 4.78 is 0. The van der Waals surface area contributed by atoms with Crippen LogP contribution in [0.15, 0.2) is 0 Å². The summed E-state index contributed by atoms with van der Waals surface area (Å²) >= 11 is 1.75. The fourth-order valence-corrected chi connectivity index (χ4v) is 1.93. The molecule has 1 aliphatic rings. The number of halogens is 1. The van der Waals surface area contributed by atoms with Crippen LogP contribution in [0.1, 0.15) is 20.3 Å². The lowest BCUT2D eigenvalue weighted by atomic mass is 10.2. The molecule has 1 saturated heterocycles. The van der Waals surface area contributed by atoms with Gasteiger partial charge in [0.25, 0.3) is 0 Å². The number of carbonyl (C=O) groups excluding carboxylic acids is 1. The summed E-state index contributed by atoms with van der Waals surface area (Å²) in [7, 11) is 0. The van der Waals surface area contributed by atoms with E-state index in [0.717, 1.165) is 19.6 Å². The number of carbonyl (C=O) groups is 1. The van der Waals surface area contributed by atoms with Crippen LogP contribution in [0, 0.1) is 0 Å². The van der Waals surface area contributed by atoms with Crippen molar-refractivity contribution < 1.29 is 4.79 Å². The van der Waals surface area contributed by atoms with Gasteiger partial charge in [0.15, 0.2) is 0 Å². The molecule has 0 bridgehead atoms. The Labute approximate surface area is 103 Å². The fourth-order valence-electron chi connectivity index (χ4n) is 1.62. The standard InChI is InChI=1S/C10H20N2OS.ClH/c1-8-7-12(5-4-11-8)10(13)6-9(2)14-3;/h8-9,11H,4-7H2,1-3H3;1H/t8-,9?;/m1./s1. The van der Waals surface area contributed by atoms with Gasteiger partial charge in [0.2, 0.25) is 5.91 Å². The molecule has 1 N–H and O–H groups in total. The molecule has 1 amide bonds. The van der Waals surface area contributed by atoms with Gasteiger partial charge in [-0.15, -0.1) is 12.4 Å². The first-order valence-corrected chi connectivity index (χ1v) is 6.46. The molecule has 0 aromatic rings. The highest BCUT2D eigenvalue weighted by molar-refractivity contribution is 7.99. The Bertz CT molecular complexity index is 204. The zero-order valence-corrected chi connectivity index (χ0v) is 11.3. The first-order chi connectivity index (χ1) is 6.63. The number of nitrogens with one attached hydrogen (secondary N) is 1. The molecule has 15 heavy (non-hydrogen) atoms. The van der Waals surface area contributed by atoms with E-state index < -0.39 is 0 Å². The van der Waals surface area contributed by atoms with Crippen LogP contribution in [0.4, 0.5) is 0 Å². The van der Waals surface area contributed by atoms with E-state index in [0.29, 0.717) is 23.6 Å². The van der Waals surface area contributed by atoms with Crippen molar-refractivity contribution in [3.8, 4) is 0 Å². The summed E-state index contributed by atoms with van der Waals surface area (Å²) in [5.41, 5.74) is 0. The third-order valence-electron chi connectivity index (χ3n) is 2.59. The molecule has 90 valence electrons. The quantitative estimate of drug-likeness (QED) is 0.824.